The van der Waals surface area contributed by atoms with E-state index in [1.807, 2.05) is 0 Å². The number of piperidine rings is 1. The summed E-state index contributed by atoms with van der Waals surface area (Å²) in [6, 6.07) is 2.14. The molecule has 36 heavy (non-hydrogen) atoms. The Bertz CT molecular complexity index is 1220. The van der Waals surface area contributed by atoms with Crippen LogP contribution in [0.2, 0.25) is 0 Å². The summed E-state index contributed by atoms with van der Waals surface area (Å²) < 4.78 is 60.5. The van der Waals surface area contributed by atoms with E-state index >= 15 is 4.39 Å². The van der Waals surface area contributed by atoms with E-state index in [1.54, 1.807) is 6.92 Å². The van der Waals surface area contributed by atoms with Crippen molar-refractivity contribution in [2.24, 2.45) is 0 Å². The lowest BCUT2D eigenvalue weighted by Gasteiger charge is -2.31. The number of carbonyl (C=O) groups is 2. The Morgan fingerprint density at radius 3 is 2.50 bits per heavy atom. The minimum Gasteiger partial charge on any atom is -0.381 e. The highest BCUT2D eigenvalue weighted by Gasteiger charge is 2.30. The fraction of sp³-hybridized carbons (Fsp3) is 0.522. The zero-order valence-corrected chi connectivity index (χ0v) is 20.7. The first-order valence-corrected chi connectivity index (χ1v) is 13.5. The molecule has 10 nitrogen and oxygen atoms in total. The third-order valence-electron chi connectivity index (χ3n) is 6.67. The van der Waals surface area contributed by atoms with Gasteiger partial charge in [0.25, 0.3) is 11.8 Å². The standard InChI is InChI=1S/C23H29F2N5O5S/c1-2-36(33,34)30-9-5-15(6-10-30)27-23(32)21-18(13-26-29-21)28-22(31)19-17(24)4-3-16(20(19)25)14-7-11-35-12-8-14/h3-4,13-15H,2,5-12H2,1H3,(H,26,29)(H,27,32)(H,28,31). The van der Waals surface area contributed by atoms with E-state index in [2.05, 4.69) is 20.8 Å². The molecule has 2 aliphatic rings. The highest BCUT2D eigenvalue weighted by Crippen LogP contribution is 2.31. The van der Waals surface area contributed by atoms with Crippen LogP contribution in [0.15, 0.2) is 18.3 Å². The summed E-state index contributed by atoms with van der Waals surface area (Å²) in [6.45, 7) is 3.08. The summed E-state index contributed by atoms with van der Waals surface area (Å²) >= 11 is 0. The number of nitrogens with zero attached hydrogens (tertiary/aromatic N) is 2. The average molecular weight is 526 g/mol. The largest absolute Gasteiger partial charge is 0.381 e. The topological polar surface area (TPSA) is 133 Å². The first-order valence-electron chi connectivity index (χ1n) is 11.9. The number of sulfonamides is 1. The van der Waals surface area contributed by atoms with E-state index in [0.29, 0.717) is 38.9 Å². The number of hydrogen-bond acceptors (Lipinski definition) is 6. The summed E-state index contributed by atoms with van der Waals surface area (Å²) in [5, 5.41) is 11.5. The molecule has 2 aromatic rings. The number of aromatic nitrogens is 2. The maximum absolute atomic E-state index is 15.2. The van der Waals surface area contributed by atoms with Crippen molar-refractivity contribution >= 4 is 27.5 Å². The number of halogens is 2. The third kappa shape index (κ3) is 5.57. The smallest absolute Gasteiger partial charge is 0.271 e. The minimum absolute atomic E-state index is 0.0143. The molecule has 1 aromatic heterocycles. The Balaban J connectivity index is 1.43. The number of hydrogen-bond donors (Lipinski definition) is 3. The van der Waals surface area contributed by atoms with E-state index in [1.165, 1.54) is 16.6 Å². The zero-order chi connectivity index (χ0) is 25.9. The summed E-state index contributed by atoms with van der Waals surface area (Å²) in [5.74, 6) is -3.71. The average Bonchev–Trinajstić information content (AvgIpc) is 3.33. The van der Waals surface area contributed by atoms with Crippen LogP contribution in [0.3, 0.4) is 0 Å². The number of amides is 2. The van der Waals surface area contributed by atoms with Crippen molar-refractivity contribution in [3.05, 3.63) is 46.8 Å². The van der Waals surface area contributed by atoms with Gasteiger partial charge in [0.05, 0.1) is 17.6 Å². The van der Waals surface area contributed by atoms with Crippen molar-refractivity contribution in [3.63, 3.8) is 0 Å². The van der Waals surface area contributed by atoms with Gasteiger partial charge in [-0.2, -0.15) is 5.10 Å². The lowest BCUT2D eigenvalue weighted by atomic mass is 9.90. The second kappa shape index (κ2) is 11.0. The van der Waals surface area contributed by atoms with Gasteiger partial charge < -0.3 is 15.4 Å². The van der Waals surface area contributed by atoms with Gasteiger partial charge in [0, 0.05) is 32.3 Å². The predicted octanol–water partition coefficient (Wildman–Crippen LogP) is 2.38. The van der Waals surface area contributed by atoms with Gasteiger partial charge in [0.2, 0.25) is 10.0 Å². The molecule has 0 spiro atoms. The summed E-state index contributed by atoms with van der Waals surface area (Å²) in [4.78, 5) is 25.7. The fourth-order valence-electron chi connectivity index (χ4n) is 4.56. The van der Waals surface area contributed by atoms with Crippen LogP contribution in [0.1, 0.15) is 64.9 Å². The normalized spacial score (nSPS) is 18.2. The van der Waals surface area contributed by atoms with Crippen LogP contribution in [0.25, 0.3) is 0 Å². The Kier molecular flexibility index (Phi) is 8.00. The number of anilines is 1. The Morgan fingerprint density at radius 1 is 1.14 bits per heavy atom. The number of aromatic amines is 1. The molecule has 2 aliphatic heterocycles. The van der Waals surface area contributed by atoms with Gasteiger partial charge in [0.1, 0.15) is 22.9 Å². The SMILES string of the molecule is CCS(=O)(=O)N1CCC(NC(=O)c2[nH]ncc2NC(=O)c2c(F)ccc(C3CCOCC3)c2F)CC1. The molecule has 0 atom stereocenters. The molecule has 196 valence electrons. The summed E-state index contributed by atoms with van der Waals surface area (Å²) in [5.41, 5.74) is -0.574. The van der Waals surface area contributed by atoms with Crippen molar-refractivity contribution in [2.45, 2.75) is 44.6 Å². The second-order valence-corrected chi connectivity index (χ2v) is 11.1. The van der Waals surface area contributed by atoms with Gasteiger partial charge in [-0.05, 0) is 50.2 Å². The Morgan fingerprint density at radius 2 is 1.83 bits per heavy atom. The number of ether oxygens (including phenoxy) is 1. The molecule has 1 aromatic carbocycles. The highest BCUT2D eigenvalue weighted by atomic mass is 32.2. The van der Waals surface area contributed by atoms with E-state index in [-0.39, 0.29) is 47.7 Å². The minimum atomic E-state index is -3.29. The monoisotopic (exact) mass is 525 g/mol. The first kappa shape index (κ1) is 26.2. The van der Waals surface area contributed by atoms with E-state index in [0.717, 1.165) is 6.07 Å². The quantitative estimate of drug-likeness (QED) is 0.508. The van der Waals surface area contributed by atoms with Crippen LogP contribution in [0, 0.1) is 11.6 Å². The van der Waals surface area contributed by atoms with Crippen LogP contribution >= 0.6 is 0 Å². The van der Waals surface area contributed by atoms with E-state index in [4.69, 9.17) is 4.74 Å². The Labute approximate surface area is 207 Å². The lowest BCUT2D eigenvalue weighted by Crippen LogP contribution is -2.47. The fourth-order valence-corrected chi connectivity index (χ4v) is 5.69. The molecule has 0 bridgehead atoms. The van der Waals surface area contributed by atoms with E-state index < -0.39 is 39.0 Å². The Hall–Kier alpha value is -2.90. The number of carbonyl (C=O) groups excluding carboxylic acids is 2. The van der Waals surface area contributed by atoms with Gasteiger partial charge in [-0.25, -0.2) is 21.5 Å². The summed E-state index contributed by atoms with van der Waals surface area (Å²) in [6.07, 6.45) is 3.17. The first-order chi connectivity index (χ1) is 17.2. The van der Waals surface area contributed by atoms with Gasteiger partial charge in [0.15, 0.2) is 0 Å². The number of H-pyrrole nitrogens is 1. The van der Waals surface area contributed by atoms with Crippen LogP contribution in [-0.4, -0.2) is 72.8 Å². The van der Waals surface area contributed by atoms with Crippen LogP contribution in [-0.2, 0) is 14.8 Å². The molecule has 4 rings (SSSR count). The molecule has 2 saturated heterocycles. The molecule has 0 radical (unpaired) electrons. The predicted molar refractivity (Wildman–Crippen MR) is 127 cm³/mol. The molecule has 0 saturated carbocycles. The van der Waals surface area contributed by atoms with E-state index in [9.17, 15) is 22.4 Å². The van der Waals surface area contributed by atoms with Crippen LogP contribution in [0.5, 0.6) is 0 Å². The number of benzene rings is 1. The van der Waals surface area contributed by atoms with Gasteiger partial charge in [-0.15, -0.1) is 0 Å². The highest BCUT2D eigenvalue weighted by molar-refractivity contribution is 7.89. The molecule has 3 N–H and O–H groups in total. The van der Waals surface area contributed by atoms with Crippen molar-refractivity contribution in [3.8, 4) is 0 Å². The summed E-state index contributed by atoms with van der Waals surface area (Å²) in [7, 11) is -3.29. The number of rotatable bonds is 7. The molecular weight excluding hydrogens is 496 g/mol. The molecule has 13 heteroatoms. The van der Waals surface area contributed by atoms with Crippen LogP contribution in [0.4, 0.5) is 14.5 Å². The third-order valence-corrected chi connectivity index (χ3v) is 8.55. The lowest BCUT2D eigenvalue weighted by molar-refractivity contribution is 0.0845. The van der Waals surface area contributed by atoms with Crippen molar-refractivity contribution in [2.75, 3.05) is 37.4 Å². The molecule has 0 unspecified atom stereocenters. The van der Waals surface area contributed by atoms with Gasteiger partial charge in [-0.3, -0.25) is 14.7 Å². The molecule has 2 amide bonds. The van der Waals surface area contributed by atoms with Crippen LogP contribution < -0.4 is 10.6 Å². The van der Waals surface area contributed by atoms with Gasteiger partial charge in [-0.1, -0.05) is 6.07 Å². The molecule has 0 aliphatic carbocycles. The molecular formula is C23H29F2N5O5S. The van der Waals surface area contributed by atoms with Gasteiger partial charge >= 0.3 is 0 Å². The maximum atomic E-state index is 15.2. The zero-order valence-electron chi connectivity index (χ0n) is 19.9. The van der Waals surface area contributed by atoms with Crippen molar-refractivity contribution in [1.82, 2.24) is 19.8 Å². The van der Waals surface area contributed by atoms with Crippen molar-refractivity contribution in [1.29, 1.82) is 0 Å². The van der Waals surface area contributed by atoms with Crippen molar-refractivity contribution < 1.29 is 31.5 Å². The maximum Gasteiger partial charge on any atom is 0.271 e. The molecule has 3 heterocycles. The number of nitrogens with one attached hydrogen (secondary N) is 3. The molecule has 2 fully saturated rings. The second-order valence-electron chi connectivity index (χ2n) is 8.87.